The zero-order valence-electron chi connectivity index (χ0n) is 16.0. The highest BCUT2D eigenvalue weighted by atomic mass is 16.5. The maximum atomic E-state index is 12.0. The second-order valence-electron chi connectivity index (χ2n) is 6.75. The van der Waals surface area contributed by atoms with Gasteiger partial charge in [0.1, 0.15) is 0 Å². The van der Waals surface area contributed by atoms with Crippen molar-refractivity contribution in [1.29, 1.82) is 0 Å². The maximum Gasteiger partial charge on any atom is 0.315 e. The Hall–Kier alpha value is -2.08. The Kier molecular flexibility index (Phi) is 8.99. The van der Waals surface area contributed by atoms with Crippen LogP contribution in [0.4, 0.5) is 10.5 Å². The van der Waals surface area contributed by atoms with E-state index in [1.54, 1.807) is 0 Å². The maximum absolute atomic E-state index is 12.0. The Morgan fingerprint density at radius 1 is 1.08 bits per heavy atom. The molecule has 0 unspecified atom stereocenters. The number of urea groups is 1. The van der Waals surface area contributed by atoms with Crippen molar-refractivity contribution in [2.24, 2.45) is 5.92 Å². The highest BCUT2D eigenvalue weighted by Gasteiger charge is 2.09. The number of ether oxygens (including phenoxy) is 1. The zero-order valence-corrected chi connectivity index (χ0v) is 16.0. The van der Waals surface area contributed by atoms with Gasteiger partial charge in [-0.25, -0.2) is 4.79 Å². The lowest BCUT2D eigenvalue weighted by molar-refractivity contribution is -0.115. The molecule has 0 atom stereocenters. The van der Waals surface area contributed by atoms with Crippen LogP contribution in [0, 0.1) is 26.7 Å². The summed E-state index contributed by atoms with van der Waals surface area (Å²) < 4.78 is 5.44. The molecular weight excluding hydrogens is 318 g/mol. The lowest BCUT2D eigenvalue weighted by Crippen LogP contribution is -2.40. The minimum atomic E-state index is -0.351. The molecule has 0 aliphatic carbocycles. The van der Waals surface area contributed by atoms with Gasteiger partial charge in [0.15, 0.2) is 0 Å². The van der Waals surface area contributed by atoms with Gasteiger partial charge in [-0.3, -0.25) is 4.79 Å². The Morgan fingerprint density at radius 3 is 2.32 bits per heavy atom. The van der Waals surface area contributed by atoms with E-state index in [0.717, 1.165) is 35.4 Å². The average molecular weight is 349 g/mol. The molecule has 25 heavy (non-hydrogen) atoms. The van der Waals surface area contributed by atoms with Crippen molar-refractivity contribution < 1.29 is 14.3 Å². The van der Waals surface area contributed by atoms with Crippen LogP contribution in [0.25, 0.3) is 0 Å². The Morgan fingerprint density at radius 2 is 1.72 bits per heavy atom. The molecule has 0 radical (unpaired) electrons. The van der Waals surface area contributed by atoms with Crippen LogP contribution in [0.3, 0.4) is 0 Å². The standard InChI is InChI=1S/C19H31N3O3/c1-13(2)12-25-8-6-7-20-19(24)21-11-17(23)22-18-15(4)9-14(3)10-16(18)5/h9-10,13H,6-8,11-12H2,1-5H3,(H,22,23)(H2,20,21,24). The van der Waals surface area contributed by atoms with Crippen LogP contribution in [-0.4, -0.2) is 38.2 Å². The van der Waals surface area contributed by atoms with Gasteiger partial charge in [-0.1, -0.05) is 31.5 Å². The second kappa shape index (κ2) is 10.7. The number of benzene rings is 1. The van der Waals surface area contributed by atoms with Crippen LogP contribution < -0.4 is 16.0 Å². The van der Waals surface area contributed by atoms with Crippen molar-refractivity contribution in [3.05, 3.63) is 28.8 Å². The van der Waals surface area contributed by atoms with E-state index in [1.165, 1.54) is 0 Å². The topological polar surface area (TPSA) is 79.5 Å². The highest BCUT2D eigenvalue weighted by molar-refractivity contribution is 5.95. The van der Waals surface area contributed by atoms with Crippen molar-refractivity contribution in [2.45, 2.75) is 41.0 Å². The SMILES string of the molecule is Cc1cc(C)c(NC(=O)CNC(=O)NCCCOCC(C)C)c(C)c1. The van der Waals surface area contributed by atoms with Crippen LogP contribution in [0.5, 0.6) is 0 Å². The van der Waals surface area contributed by atoms with Gasteiger partial charge in [-0.15, -0.1) is 0 Å². The minimum Gasteiger partial charge on any atom is -0.381 e. The van der Waals surface area contributed by atoms with Crippen molar-refractivity contribution in [1.82, 2.24) is 10.6 Å². The third kappa shape index (κ3) is 8.54. The average Bonchev–Trinajstić information content (AvgIpc) is 2.52. The van der Waals surface area contributed by atoms with Gasteiger partial charge in [0.2, 0.25) is 5.91 Å². The summed E-state index contributed by atoms with van der Waals surface area (Å²) >= 11 is 0. The van der Waals surface area contributed by atoms with Gasteiger partial charge in [0.25, 0.3) is 0 Å². The predicted octanol–water partition coefficient (Wildman–Crippen LogP) is 2.91. The second-order valence-corrected chi connectivity index (χ2v) is 6.75. The molecular formula is C19H31N3O3. The summed E-state index contributed by atoms with van der Waals surface area (Å²) in [6.07, 6.45) is 0.744. The van der Waals surface area contributed by atoms with E-state index in [1.807, 2.05) is 32.9 Å². The van der Waals surface area contributed by atoms with Gasteiger partial charge < -0.3 is 20.7 Å². The van der Waals surface area contributed by atoms with Crippen LogP contribution in [0.1, 0.15) is 37.0 Å². The molecule has 0 heterocycles. The molecule has 0 bridgehead atoms. The normalized spacial score (nSPS) is 10.6. The van der Waals surface area contributed by atoms with Gasteiger partial charge >= 0.3 is 6.03 Å². The summed E-state index contributed by atoms with van der Waals surface area (Å²) in [5.74, 6) is 0.265. The molecule has 3 N–H and O–H groups in total. The quantitative estimate of drug-likeness (QED) is 0.600. The van der Waals surface area contributed by atoms with Crippen LogP contribution in [-0.2, 0) is 9.53 Å². The summed E-state index contributed by atoms with van der Waals surface area (Å²) in [4.78, 5) is 23.7. The first-order valence-electron chi connectivity index (χ1n) is 8.76. The molecule has 0 fully saturated rings. The Bertz CT molecular complexity index is 562. The first-order chi connectivity index (χ1) is 11.8. The lowest BCUT2D eigenvalue weighted by Gasteiger charge is -2.13. The summed E-state index contributed by atoms with van der Waals surface area (Å²) in [5.41, 5.74) is 3.98. The Balaban J connectivity index is 2.24. The number of anilines is 1. The van der Waals surface area contributed by atoms with E-state index >= 15 is 0 Å². The number of hydrogen-bond donors (Lipinski definition) is 3. The van der Waals surface area contributed by atoms with E-state index < -0.39 is 0 Å². The Labute approximate surface area is 150 Å². The molecule has 0 saturated carbocycles. The number of carbonyl (C=O) groups is 2. The first kappa shape index (κ1) is 21.0. The van der Waals surface area contributed by atoms with Crippen molar-refractivity contribution >= 4 is 17.6 Å². The molecule has 0 saturated heterocycles. The fourth-order valence-corrected chi connectivity index (χ4v) is 2.48. The molecule has 0 aliphatic heterocycles. The fraction of sp³-hybridized carbons (Fsp3) is 0.579. The van der Waals surface area contributed by atoms with Crippen LogP contribution in [0.15, 0.2) is 12.1 Å². The van der Waals surface area contributed by atoms with Gasteiger partial charge in [0, 0.05) is 25.4 Å². The third-order valence-corrected chi connectivity index (χ3v) is 3.55. The largest absolute Gasteiger partial charge is 0.381 e. The van der Waals surface area contributed by atoms with Gasteiger partial charge in [-0.2, -0.15) is 0 Å². The number of carbonyl (C=O) groups excluding carboxylic acids is 2. The fourth-order valence-electron chi connectivity index (χ4n) is 2.48. The molecule has 140 valence electrons. The summed E-state index contributed by atoms with van der Waals surface area (Å²) in [7, 11) is 0. The smallest absolute Gasteiger partial charge is 0.315 e. The number of aryl methyl sites for hydroxylation is 3. The number of hydrogen-bond acceptors (Lipinski definition) is 3. The van der Waals surface area contributed by atoms with Gasteiger partial charge in [0.05, 0.1) is 6.54 Å². The molecule has 0 spiro atoms. The van der Waals surface area contributed by atoms with Crippen LogP contribution in [0.2, 0.25) is 0 Å². The van der Waals surface area contributed by atoms with E-state index in [0.29, 0.717) is 19.1 Å². The monoisotopic (exact) mass is 349 g/mol. The predicted molar refractivity (Wildman–Crippen MR) is 101 cm³/mol. The summed E-state index contributed by atoms with van der Waals surface area (Å²) in [6.45, 7) is 11.9. The minimum absolute atomic E-state index is 0.0670. The van der Waals surface area contributed by atoms with Crippen molar-refractivity contribution in [2.75, 3.05) is 31.6 Å². The highest BCUT2D eigenvalue weighted by Crippen LogP contribution is 2.21. The molecule has 0 aliphatic rings. The zero-order chi connectivity index (χ0) is 18.8. The van der Waals surface area contributed by atoms with E-state index in [-0.39, 0.29) is 18.5 Å². The number of amides is 3. The first-order valence-corrected chi connectivity index (χ1v) is 8.76. The molecule has 1 aromatic rings. The van der Waals surface area contributed by atoms with Crippen LogP contribution >= 0.6 is 0 Å². The molecule has 0 aromatic heterocycles. The third-order valence-electron chi connectivity index (χ3n) is 3.55. The number of nitrogens with one attached hydrogen (secondary N) is 3. The van der Waals surface area contributed by atoms with Crippen molar-refractivity contribution in [3.8, 4) is 0 Å². The molecule has 1 rings (SSSR count). The molecule has 1 aromatic carbocycles. The van der Waals surface area contributed by atoms with E-state index in [2.05, 4.69) is 29.8 Å². The lowest BCUT2D eigenvalue weighted by atomic mass is 10.1. The molecule has 3 amide bonds. The van der Waals surface area contributed by atoms with Crippen molar-refractivity contribution in [3.63, 3.8) is 0 Å². The van der Waals surface area contributed by atoms with E-state index in [4.69, 9.17) is 4.74 Å². The molecule has 6 heteroatoms. The summed E-state index contributed by atoms with van der Waals surface area (Å²) in [6, 6.07) is 3.69. The van der Waals surface area contributed by atoms with Gasteiger partial charge in [-0.05, 0) is 44.2 Å². The number of rotatable bonds is 9. The van der Waals surface area contributed by atoms with E-state index in [9.17, 15) is 9.59 Å². The summed E-state index contributed by atoms with van der Waals surface area (Å²) in [5, 5.41) is 8.12. The molecule has 6 nitrogen and oxygen atoms in total.